The molecule has 0 radical (unpaired) electrons. The Balaban J connectivity index is 2.87. The van der Waals surface area contributed by atoms with Crippen molar-refractivity contribution in [1.29, 1.82) is 0 Å². The van der Waals surface area contributed by atoms with E-state index < -0.39 is 11.6 Å². The zero-order valence-corrected chi connectivity index (χ0v) is 9.50. The van der Waals surface area contributed by atoms with Crippen molar-refractivity contribution in [1.82, 2.24) is 0 Å². The summed E-state index contributed by atoms with van der Waals surface area (Å²) in [5.41, 5.74) is 1.62. The normalized spacial score (nSPS) is 9.86. The second-order valence-electron chi connectivity index (χ2n) is 2.94. The summed E-state index contributed by atoms with van der Waals surface area (Å²) >= 11 is 2.97. The predicted octanol–water partition coefficient (Wildman–Crippen LogP) is 2.40. The molecule has 3 heteroatoms. The molecule has 74 valence electrons. The zero-order chi connectivity index (χ0) is 10.6. The first-order valence-corrected chi connectivity index (χ1v) is 5.53. The Morgan fingerprint density at radius 2 is 1.79 bits per heavy atom. The maximum absolute atomic E-state index is 11.4. The van der Waals surface area contributed by atoms with Crippen LogP contribution in [-0.2, 0) is 11.2 Å². The van der Waals surface area contributed by atoms with Gasteiger partial charge in [-0.25, -0.2) is 0 Å². The third kappa shape index (κ3) is 2.51. The van der Waals surface area contributed by atoms with Gasteiger partial charge >= 0.3 is 0 Å². The standard InChI is InChI=1S/C11H11BrO2/c1-2-8-3-5-9(6-4-8)11(14)10(13)7-12/h3-6H,2,7H2,1H3. The molecule has 0 atom stereocenters. The molecule has 14 heavy (non-hydrogen) atoms. The molecule has 0 N–H and O–H groups in total. The highest BCUT2D eigenvalue weighted by molar-refractivity contribution is 9.09. The van der Waals surface area contributed by atoms with Crippen molar-refractivity contribution in [3.05, 3.63) is 35.4 Å². The summed E-state index contributed by atoms with van der Waals surface area (Å²) < 4.78 is 0. The molecule has 0 unspecified atom stereocenters. The molecule has 0 aliphatic heterocycles. The average molecular weight is 255 g/mol. The Morgan fingerprint density at radius 3 is 2.21 bits per heavy atom. The van der Waals surface area contributed by atoms with Gasteiger partial charge in [-0.2, -0.15) is 0 Å². The number of Topliss-reactive ketones (excluding diaryl/α,β-unsaturated/α-hetero) is 2. The second-order valence-corrected chi connectivity index (χ2v) is 3.50. The van der Waals surface area contributed by atoms with E-state index in [2.05, 4.69) is 15.9 Å². The number of benzene rings is 1. The van der Waals surface area contributed by atoms with E-state index in [4.69, 9.17) is 0 Å². The van der Waals surface area contributed by atoms with Gasteiger partial charge in [0.25, 0.3) is 0 Å². The van der Waals surface area contributed by atoms with Crippen molar-refractivity contribution >= 4 is 27.5 Å². The number of carbonyl (C=O) groups is 2. The van der Waals surface area contributed by atoms with Crippen LogP contribution in [0.2, 0.25) is 0 Å². The smallest absolute Gasteiger partial charge is 0.229 e. The van der Waals surface area contributed by atoms with Crippen LogP contribution in [0.3, 0.4) is 0 Å². The van der Waals surface area contributed by atoms with Gasteiger partial charge in [0.1, 0.15) is 0 Å². The topological polar surface area (TPSA) is 34.1 Å². The number of hydrogen-bond acceptors (Lipinski definition) is 2. The molecular weight excluding hydrogens is 244 g/mol. The van der Waals surface area contributed by atoms with E-state index in [-0.39, 0.29) is 5.33 Å². The van der Waals surface area contributed by atoms with Crippen molar-refractivity contribution in [3.8, 4) is 0 Å². The molecule has 0 aliphatic rings. The Labute approximate surface area is 91.4 Å². The lowest BCUT2D eigenvalue weighted by Crippen LogP contribution is -2.14. The van der Waals surface area contributed by atoms with E-state index in [0.29, 0.717) is 5.56 Å². The Morgan fingerprint density at radius 1 is 1.21 bits per heavy atom. The zero-order valence-electron chi connectivity index (χ0n) is 7.92. The quantitative estimate of drug-likeness (QED) is 0.470. The van der Waals surface area contributed by atoms with Crippen LogP contribution in [0.15, 0.2) is 24.3 Å². The minimum Gasteiger partial charge on any atom is -0.290 e. The lowest BCUT2D eigenvalue weighted by atomic mass is 10.1. The van der Waals surface area contributed by atoms with Gasteiger partial charge in [-0.1, -0.05) is 47.1 Å². The molecule has 0 aromatic heterocycles. The van der Waals surface area contributed by atoms with Gasteiger partial charge in [0.2, 0.25) is 11.6 Å². The summed E-state index contributed by atoms with van der Waals surface area (Å²) in [6.45, 7) is 2.04. The Hall–Kier alpha value is -0.960. The fourth-order valence-corrected chi connectivity index (χ4v) is 1.37. The number of ketones is 2. The molecular formula is C11H11BrO2. The van der Waals surface area contributed by atoms with Crippen LogP contribution in [0.5, 0.6) is 0 Å². The van der Waals surface area contributed by atoms with Gasteiger partial charge in [-0.15, -0.1) is 0 Å². The highest BCUT2D eigenvalue weighted by atomic mass is 79.9. The Kier molecular flexibility index (Phi) is 4.01. The molecule has 0 heterocycles. The van der Waals surface area contributed by atoms with Gasteiger partial charge in [0.05, 0.1) is 5.33 Å². The molecule has 0 amide bonds. The van der Waals surface area contributed by atoms with Crippen molar-refractivity contribution in [3.63, 3.8) is 0 Å². The first-order chi connectivity index (χ1) is 6.69. The van der Waals surface area contributed by atoms with Crippen LogP contribution in [0, 0.1) is 0 Å². The van der Waals surface area contributed by atoms with Gasteiger partial charge in [0.15, 0.2) is 0 Å². The summed E-state index contributed by atoms with van der Waals surface area (Å²) in [5, 5.41) is 0.0847. The van der Waals surface area contributed by atoms with Crippen molar-refractivity contribution in [2.24, 2.45) is 0 Å². The van der Waals surface area contributed by atoms with Crippen molar-refractivity contribution in [2.75, 3.05) is 5.33 Å². The summed E-state index contributed by atoms with van der Waals surface area (Å²) in [4.78, 5) is 22.5. The van der Waals surface area contributed by atoms with Crippen LogP contribution >= 0.6 is 15.9 Å². The van der Waals surface area contributed by atoms with E-state index in [0.717, 1.165) is 12.0 Å². The molecule has 2 nitrogen and oxygen atoms in total. The van der Waals surface area contributed by atoms with Crippen LogP contribution in [-0.4, -0.2) is 16.9 Å². The van der Waals surface area contributed by atoms with E-state index in [9.17, 15) is 9.59 Å². The van der Waals surface area contributed by atoms with Crippen LogP contribution in [0.25, 0.3) is 0 Å². The highest BCUT2D eigenvalue weighted by Crippen LogP contribution is 2.06. The van der Waals surface area contributed by atoms with Gasteiger partial charge < -0.3 is 0 Å². The number of aryl methyl sites for hydroxylation is 1. The molecule has 0 saturated heterocycles. The molecule has 0 spiro atoms. The van der Waals surface area contributed by atoms with E-state index in [1.807, 2.05) is 19.1 Å². The minimum absolute atomic E-state index is 0.0847. The number of rotatable bonds is 4. The van der Waals surface area contributed by atoms with Crippen LogP contribution in [0.4, 0.5) is 0 Å². The first-order valence-electron chi connectivity index (χ1n) is 4.41. The van der Waals surface area contributed by atoms with E-state index in [1.165, 1.54) is 0 Å². The maximum Gasteiger partial charge on any atom is 0.229 e. The molecule has 1 rings (SSSR count). The molecule has 0 saturated carbocycles. The molecule has 1 aromatic carbocycles. The molecule has 0 fully saturated rings. The summed E-state index contributed by atoms with van der Waals surface area (Å²) in [6, 6.07) is 7.13. The number of halogens is 1. The van der Waals surface area contributed by atoms with Crippen LogP contribution in [0.1, 0.15) is 22.8 Å². The van der Waals surface area contributed by atoms with Crippen LogP contribution < -0.4 is 0 Å². The number of alkyl halides is 1. The molecule has 0 aliphatic carbocycles. The maximum atomic E-state index is 11.4. The van der Waals surface area contributed by atoms with E-state index >= 15 is 0 Å². The number of carbonyl (C=O) groups excluding carboxylic acids is 2. The summed E-state index contributed by atoms with van der Waals surface area (Å²) in [7, 11) is 0. The fraction of sp³-hybridized carbons (Fsp3) is 0.273. The SMILES string of the molecule is CCc1ccc(C(=O)C(=O)CBr)cc1. The third-order valence-corrected chi connectivity index (χ3v) is 2.51. The molecule has 1 aromatic rings. The minimum atomic E-state index is -0.426. The lowest BCUT2D eigenvalue weighted by Gasteiger charge is -1.99. The fourth-order valence-electron chi connectivity index (χ4n) is 1.11. The van der Waals surface area contributed by atoms with Gasteiger partial charge in [0, 0.05) is 5.56 Å². The second kappa shape index (κ2) is 5.05. The predicted molar refractivity (Wildman–Crippen MR) is 59.0 cm³/mol. The molecule has 0 bridgehead atoms. The summed E-state index contributed by atoms with van der Waals surface area (Å²) in [6.07, 6.45) is 0.931. The van der Waals surface area contributed by atoms with Gasteiger partial charge in [-0.3, -0.25) is 9.59 Å². The Bertz CT molecular complexity index is 341. The van der Waals surface area contributed by atoms with Crippen molar-refractivity contribution < 1.29 is 9.59 Å². The first kappa shape index (κ1) is 11.1. The lowest BCUT2D eigenvalue weighted by molar-refractivity contribution is -0.112. The van der Waals surface area contributed by atoms with Crippen molar-refractivity contribution in [2.45, 2.75) is 13.3 Å². The highest BCUT2D eigenvalue weighted by Gasteiger charge is 2.13. The third-order valence-electron chi connectivity index (χ3n) is 2.00. The largest absolute Gasteiger partial charge is 0.290 e. The summed E-state index contributed by atoms with van der Waals surface area (Å²) in [5.74, 6) is -0.834. The average Bonchev–Trinajstić information content (AvgIpc) is 2.27. The number of hydrogen-bond donors (Lipinski definition) is 0. The van der Waals surface area contributed by atoms with E-state index in [1.54, 1.807) is 12.1 Å². The monoisotopic (exact) mass is 254 g/mol. The van der Waals surface area contributed by atoms with Gasteiger partial charge in [-0.05, 0) is 12.0 Å².